The van der Waals surface area contributed by atoms with Gasteiger partial charge in [-0.3, -0.25) is 10.2 Å². The van der Waals surface area contributed by atoms with Crippen molar-refractivity contribution in [2.24, 2.45) is 0 Å². The Labute approximate surface area is 157 Å². The monoisotopic (exact) mass is 426 g/mol. The smallest absolute Gasteiger partial charge is 0.305 e. The highest BCUT2D eigenvalue weighted by atomic mass is 79.9. The van der Waals surface area contributed by atoms with E-state index < -0.39 is 0 Å². The zero-order valence-corrected chi connectivity index (χ0v) is 16.2. The minimum atomic E-state index is -0.156. The Balaban J connectivity index is 1.67. The number of amides is 2. The van der Waals surface area contributed by atoms with E-state index >= 15 is 0 Å². The molecule has 5 nitrogen and oxygen atoms in total. The number of aromatic nitrogens is 1. The quantitative estimate of drug-likeness (QED) is 0.742. The van der Waals surface area contributed by atoms with E-state index in [1.54, 1.807) is 6.20 Å². The number of nitrogens with one attached hydrogen (secondary N) is 1. The van der Waals surface area contributed by atoms with E-state index in [0.29, 0.717) is 16.0 Å². The van der Waals surface area contributed by atoms with E-state index in [0.717, 1.165) is 29.7 Å². The van der Waals surface area contributed by atoms with E-state index in [1.807, 2.05) is 17.0 Å². The molecule has 0 bridgehead atoms. The van der Waals surface area contributed by atoms with Gasteiger partial charge in [-0.25, -0.2) is 9.78 Å². The number of rotatable bonds is 1. The fourth-order valence-electron chi connectivity index (χ4n) is 3.72. The third-order valence-electron chi connectivity index (χ3n) is 4.76. The van der Waals surface area contributed by atoms with Gasteiger partial charge >= 0.3 is 6.03 Å². The zero-order valence-electron chi connectivity index (χ0n) is 13.1. The van der Waals surface area contributed by atoms with Crippen LogP contribution >= 0.6 is 38.9 Å². The second kappa shape index (κ2) is 5.98. The zero-order chi connectivity index (χ0) is 16.9. The van der Waals surface area contributed by atoms with Crippen molar-refractivity contribution in [3.8, 4) is 0 Å². The van der Waals surface area contributed by atoms with Crippen LogP contribution in [0.2, 0.25) is 4.34 Å². The van der Waals surface area contributed by atoms with Crippen LogP contribution < -0.4 is 10.2 Å². The summed E-state index contributed by atoms with van der Waals surface area (Å²) in [6.07, 6.45) is 2.60. The summed E-state index contributed by atoms with van der Waals surface area (Å²) in [6.45, 7) is 2.70. The summed E-state index contributed by atoms with van der Waals surface area (Å²) in [6, 6.07) is 6.00. The van der Waals surface area contributed by atoms with Crippen molar-refractivity contribution in [3.05, 3.63) is 38.8 Å². The molecule has 1 atom stereocenters. The third kappa shape index (κ3) is 2.73. The number of likely N-dealkylation sites (N-methyl/N-ethyl adjacent to an activating group) is 1. The minimum absolute atomic E-state index is 0.00568. The fourth-order valence-corrected chi connectivity index (χ4v) is 4.89. The van der Waals surface area contributed by atoms with E-state index in [9.17, 15) is 4.79 Å². The Kier molecular flexibility index (Phi) is 4.07. The molecule has 24 heavy (non-hydrogen) atoms. The molecule has 1 saturated heterocycles. The van der Waals surface area contributed by atoms with E-state index in [-0.39, 0.29) is 11.4 Å². The molecule has 1 fully saturated rings. The number of carbonyl (C=O) groups excluding carboxylic acids is 1. The van der Waals surface area contributed by atoms with Crippen LogP contribution in [0.4, 0.5) is 15.6 Å². The minimum Gasteiger partial charge on any atom is -0.305 e. The Morgan fingerprint density at radius 1 is 1.46 bits per heavy atom. The van der Waals surface area contributed by atoms with Crippen molar-refractivity contribution in [2.45, 2.75) is 11.8 Å². The highest BCUT2D eigenvalue weighted by Crippen LogP contribution is 2.47. The number of nitrogens with zero attached hydrogens (tertiary/aromatic N) is 3. The first-order chi connectivity index (χ1) is 11.5. The van der Waals surface area contributed by atoms with Crippen molar-refractivity contribution >= 4 is 55.7 Å². The molecule has 4 rings (SSSR count). The number of likely N-dealkylation sites (tertiary alicyclic amines) is 1. The first-order valence-electron chi connectivity index (χ1n) is 7.65. The van der Waals surface area contributed by atoms with Gasteiger partial charge in [-0.1, -0.05) is 38.9 Å². The van der Waals surface area contributed by atoms with Crippen LogP contribution in [-0.4, -0.2) is 42.6 Å². The van der Waals surface area contributed by atoms with Crippen LogP contribution in [0.1, 0.15) is 12.0 Å². The molecule has 0 radical (unpaired) electrons. The van der Waals surface area contributed by atoms with Crippen LogP contribution in [0.5, 0.6) is 0 Å². The Morgan fingerprint density at radius 3 is 2.96 bits per heavy atom. The normalized spacial score (nSPS) is 23.0. The molecule has 0 unspecified atom stereocenters. The van der Waals surface area contributed by atoms with Gasteiger partial charge in [-0.05, 0) is 43.8 Å². The van der Waals surface area contributed by atoms with E-state index in [2.05, 4.69) is 44.2 Å². The average Bonchev–Trinajstić information content (AvgIpc) is 3.20. The molecular weight excluding hydrogens is 412 g/mol. The van der Waals surface area contributed by atoms with Gasteiger partial charge in [-0.15, -0.1) is 0 Å². The lowest BCUT2D eigenvalue weighted by Gasteiger charge is -2.25. The van der Waals surface area contributed by atoms with Crippen LogP contribution in [0, 0.1) is 0 Å². The first kappa shape index (κ1) is 16.3. The van der Waals surface area contributed by atoms with E-state index in [1.165, 1.54) is 16.9 Å². The summed E-state index contributed by atoms with van der Waals surface area (Å²) < 4.78 is 1.61. The fraction of sp³-hybridized carbons (Fsp3) is 0.375. The molecule has 2 aliphatic heterocycles. The Bertz CT molecular complexity index is 813. The van der Waals surface area contributed by atoms with Crippen LogP contribution in [-0.2, 0) is 5.41 Å². The maximum atomic E-state index is 12.8. The summed E-state index contributed by atoms with van der Waals surface area (Å²) in [4.78, 5) is 21.1. The molecule has 1 spiro atoms. The van der Waals surface area contributed by atoms with Crippen LogP contribution in [0.15, 0.2) is 28.9 Å². The lowest BCUT2D eigenvalue weighted by molar-refractivity contribution is 0.256. The summed E-state index contributed by atoms with van der Waals surface area (Å²) >= 11 is 10.7. The van der Waals surface area contributed by atoms with Gasteiger partial charge < -0.3 is 4.90 Å². The van der Waals surface area contributed by atoms with Gasteiger partial charge in [0.1, 0.15) is 4.34 Å². The predicted octanol–water partition coefficient (Wildman–Crippen LogP) is 4.18. The Morgan fingerprint density at radius 2 is 2.29 bits per heavy atom. The second-order valence-electron chi connectivity index (χ2n) is 6.42. The number of hydrogen-bond acceptors (Lipinski definition) is 4. The first-order valence-corrected chi connectivity index (χ1v) is 9.64. The molecule has 1 aromatic carbocycles. The number of halogens is 2. The third-order valence-corrected chi connectivity index (χ3v) is 6.29. The number of hydrogen-bond donors (Lipinski definition) is 1. The largest absolute Gasteiger partial charge is 0.328 e. The number of fused-ring (bicyclic) bond motifs is 2. The van der Waals surface area contributed by atoms with Crippen molar-refractivity contribution in [1.29, 1.82) is 0 Å². The lowest BCUT2D eigenvalue weighted by Crippen LogP contribution is -2.40. The van der Waals surface area contributed by atoms with Gasteiger partial charge in [0.25, 0.3) is 0 Å². The van der Waals surface area contributed by atoms with Crippen molar-refractivity contribution in [2.75, 3.05) is 36.9 Å². The number of thiazole rings is 1. The average molecular weight is 428 g/mol. The molecule has 2 aliphatic rings. The highest BCUT2D eigenvalue weighted by Gasteiger charge is 2.48. The summed E-state index contributed by atoms with van der Waals surface area (Å²) in [5, 5.41) is 3.38. The molecular formula is C16H16BrClN4OS. The second-order valence-corrected chi connectivity index (χ2v) is 8.99. The SMILES string of the molecule is CN1CC[C@@]2(C1)CN(C(=O)Nc1ncc(Cl)s1)c1ccc(Br)cc12. The standard InChI is InChI=1S/C16H16BrClN4OS/c1-21-5-4-16(8-21)9-22(12-3-2-10(17)6-11(12)16)15(23)20-14-19-7-13(18)24-14/h2-3,6-7H,4-5,8-9H2,1H3,(H,19,20,23)/t16-/m1/s1. The maximum absolute atomic E-state index is 12.8. The van der Waals surface area contributed by atoms with Crippen LogP contribution in [0.25, 0.3) is 0 Å². The summed E-state index contributed by atoms with van der Waals surface area (Å²) in [5.41, 5.74) is 2.23. The number of carbonyl (C=O) groups is 1. The maximum Gasteiger partial charge on any atom is 0.328 e. The van der Waals surface area contributed by atoms with Gasteiger partial charge in [0, 0.05) is 28.7 Å². The van der Waals surface area contributed by atoms with Gasteiger partial charge in [0.15, 0.2) is 5.13 Å². The van der Waals surface area contributed by atoms with Crippen molar-refractivity contribution in [3.63, 3.8) is 0 Å². The summed E-state index contributed by atoms with van der Waals surface area (Å²) in [5.74, 6) is 0. The molecule has 2 amide bonds. The number of urea groups is 1. The van der Waals surface area contributed by atoms with Crippen molar-refractivity contribution in [1.82, 2.24) is 9.88 Å². The van der Waals surface area contributed by atoms with Gasteiger partial charge in [0.05, 0.1) is 6.20 Å². The molecule has 0 saturated carbocycles. The number of benzene rings is 1. The highest BCUT2D eigenvalue weighted by molar-refractivity contribution is 9.10. The molecule has 0 aliphatic carbocycles. The van der Waals surface area contributed by atoms with Gasteiger partial charge in [0.2, 0.25) is 0 Å². The number of anilines is 2. The van der Waals surface area contributed by atoms with Gasteiger partial charge in [-0.2, -0.15) is 0 Å². The molecule has 126 valence electrons. The summed E-state index contributed by atoms with van der Waals surface area (Å²) in [7, 11) is 2.13. The molecule has 2 aromatic rings. The molecule has 1 aromatic heterocycles. The molecule has 1 N–H and O–H groups in total. The van der Waals surface area contributed by atoms with E-state index in [4.69, 9.17) is 11.6 Å². The lowest BCUT2D eigenvalue weighted by atomic mass is 9.82. The van der Waals surface area contributed by atoms with Crippen molar-refractivity contribution < 1.29 is 4.79 Å². The topological polar surface area (TPSA) is 48.5 Å². The van der Waals surface area contributed by atoms with Crippen LogP contribution in [0.3, 0.4) is 0 Å². The predicted molar refractivity (Wildman–Crippen MR) is 101 cm³/mol. The molecule has 3 heterocycles. The molecule has 8 heteroatoms. The Hall–Kier alpha value is -1.15.